The smallest absolute Gasteiger partial charge is 0.417 e. The molecule has 2 aromatic carbocycles. The summed E-state index contributed by atoms with van der Waals surface area (Å²) in [5, 5.41) is 0.0411. The highest BCUT2D eigenvalue weighted by Gasteiger charge is 2.43. The molecule has 4 rings (SSSR count). The van der Waals surface area contributed by atoms with Crippen LogP contribution in [-0.4, -0.2) is 77.5 Å². The van der Waals surface area contributed by atoms with Gasteiger partial charge in [0.05, 0.1) is 16.6 Å². The summed E-state index contributed by atoms with van der Waals surface area (Å²) in [6, 6.07) is 9.69. The highest BCUT2D eigenvalue weighted by Crippen LogP contribution is 2.37. The van der Waals surface area contributed by atoms with Crippen molar-refractivity contribution in [1.29, 1.82) is 0 Å². The first-order valence-corrected chi connectivity index (χ1v) is 14.5. The lowest BCUT2D eigenvalue weighted by atomic mass is 9.93. The molecule has 12 heteroatoms. The van der Waals surface area contributed by atoms with E-state index in [9.17, 15) is 27.6 Å². The third-order valence-electron chi connectivity index (χ3n) is 7.73. The summed E-state index contributed by atoms with van der Waals surface area (Å²) in [6.07, 6.45) is -4.17. The van der Waals surface area contributed by atoms with Gasteiger partial charge in [-0.15, -0.1) is 0 Å². The number of piperidine rings is 1. The van der Waals surface area contributed by atoms with Gasteiger partial charge in [0.2, 0.25) is 5.91 Å². The van der Waals surface area contributed by atoms with Crippen LogP contribution >= 0.6 is 23.2 Å². The van der Waals surface area contributed by atoms with Gasteiger partial charge in [-0.2, -0.15) is 13.2 Å². The Morgan fingerprint density at radius 1 is 0.929 bits per heavy atom. The first kappa shape index (κ1) is 31.9. The first-order chi connectivity index (χ1) is 19.5. The lowest BCUT2D eigenvalue weighted by Crippen LogP contribution is -2.46. The van der Waals surface area contributed by atoms with Crippen LogP contribution in [0, 0.1) is 5.92 Å². The van der Waals surface area contributed by atoms with Gasteiger partial charge in [-0.05, 0) is 69.5 Å². The molecule has 2 heterocycles. The molecule has 2 fully saturated rings. The molecule has 0 spiro atoms. The second kappa shape index (κ2) is 12.3. The van der Waals surface area contributed by atoms with Gasteiger partial charge in [0.15, 0.2) is 0 Å². The van der Waals surface area contributed by atoms with Gasteiger partial charge in [0, 0.05) is 55.6 Å². The Morgan fingerprint density at radius 3 is 2.12 bits per heavy atom. The number of alkyl halides is 3. The Hall–Kier alpha value is -2.98. The Kier molecular flexibility index (Phi) is 9.37. The number of halogens is 5. The van der Waals surface area contributed by atoms with E-state index in [1.165, 1.54) is 18.0 Å². The van der Waals surface area contributed by atoms with Crippen molar-refractivity contribution in [1.82, 2.24) is 14.7 Å². The molecule has 0 saturated carbocycles. The molecule has 0 bridgehead atoms. The quantitative estimate of drug-likeness (QED) is 0.377. The Balaban J connectivity index is 1.52. The number of ether oxygens (including phenoxy) is 1. The van der Waals surface area contributed by atoms with Gasteiger partial charge in [0.25, 0.3) is 5.91 Å². The maximum atomic E-state index is 13.7. The van der Waals surface area contributed by atoms with E-state index in [1.54, 1.807) is 42.7 Å². The van der Waals surface area contributed by atoms with Crippen LogP contribution < -0.4 is 0 Å². The minimum Gasteiger partial charge on any atom is -0.444 e. The molecular formula is C30H34Cl2F3N3O4. The molecule has 2 aliphatic rings. The third kappa shape index (κ3) is 7.32. The van der Waals surface area contributed by atoms with Gasteiger partial charge < -0.3 is 19.4 Å². The fourth-order valence-corrected chi connectivity index (χ4v) is 5.87. The Bertz CT molecular complexity index is 1320. The highest BCUT2D eigenvalue weighted by molar-refractivity contribution is 6.31. The molecule has 228 valence electrons. The fourth-order valence-electron chi connectivity index (χ4n) is 5.52. The zero-order chi connectivity index (χ0) is 31.0. The molecule has 2 saturated heterocycles. The largest absolute Gasteiger partial charge is 0.444 e. The molecule has 0 aliphatic carbocycles. The predicted octanol–water partition coefficient (Wildman–Crippen LogP) is 6.73. The normalized spacial score (nSPS) is 20.0. The monoisotopic (exact) mass is 627 g/mol. The summed E-state index contributed by atoms with van der Waals surface area (Å²) in [7, 11) is 1.53. The van der Waals surface area contributed by atoms with Crippen molar-refractivity contribution in [3.05, 3.63) is 69.2 Å². The van der Waals surface area contributed by atoms with Gasteiger partial charge >= 0.3 is 12.3 Å². The maximum Gasteiger partial charge on any atom is 0.417 e. The molecule has 3 amide bonds. The van der Waals surface area contributed by atoms with E-state index in [4.69, 9.17) is 27.9 Å². The van der Waals surface area contributed by atoms with Crippen LogP contribution in [0.5, 0.6) is 0 Å². The van der Waals surface area contributed by atoms with Crippen molar-refractivity contribution in [2.24, 2.45) is 5.92 Å². The summed E-state index contributed by atoms with van der Waals surface area (Å²) in [5.74, 6) is -1.29. The standard InChI is InChI=1S/C30H34Cl2F3N3O4/c1-29(2,3)42-28(41)37-13-11-19(12-14-37)27(40)38-16-22(18-5-8-21(31)9-6-18)25(17-38)36(4)26(39)20-7-10-24(32)23(15-20)30(33,34)35/h5-10,15,19,22,25H,11-14,16-17H2,1-4H3/t22-,25+/m1/s1. The summed E-state index contributed by atoms with van der Waals surface area (Å²) < 4.78 is 45.9. The van der Waals surface area contributed by atoms with E-state index >= 15 is 0 Å². The minimum absolute atomic E-state index is 0.0769. The average Bonchev–Trinajstić information content (AvgIpc) is 3.36. The molecule has 0 unspecified atom stereocenters. The van der Waals surface area contributed by atoms with Gasteiger partial charge in [-0.3, -0.25) is 9.59 Å². The molecular weight excluding hydrogens is 594 g/mol. The second-order valence-electron chi connectivity index (χ2n) is 11.8. The predicted molar refractivity (Wildman–Crippen MR) is 154 cm³/mol. The van der Waals surface area contributed by atoms with E-state index in [-0.39, 0.29) is 29.9 Å². The fraction of sp³-hybridized carbons (Fsp3) is 0.500. The number of carbonyl (C=O) groups excluding carboxylic acids is 3. The number of hydrogen-bond acceptors (Lipinski definition) is 4. The lowest BCUT2D eigenvalue weighted by molar-refractivity contribution is -0.137. The number of likely N-dealkylation sites (N-methyl/N-ethyl adjacent to an activating group) is 1. The summed E-state index contributed by atoms with van der Waals surface area (Å²) in [4.78, 5) is 44.3. The van der Waals surface area contributed by atoms with Gasteiger partial charge in [-0.1, -0.05) is 35.3 Å². The summed E-state index contributed by atoms with van der Waals surface area (Å²) >= 11 is 11.9. The third-order valence-corrected chi connectivity index (χ3v) is 8.31. The van der Waals surface area contributed by atoms with Crippen LogP contribution in [-0.2, 0) is 15.7 Å². The number of hydrogen-bond donors (Lipinski definition) is 0. The van der Waals surface area contributed by atoms with Crippen molar-refractivity contribution >= 4 is 41.1 Å². The number of amides is 3. The Labute approximate surface area is 253 Å². The zero-order valence-corrected chi connectivity index (χ0v) is 25.4. The Morgan fingerprint density at radius 2 is 1.55 bits per heavy atom. The van der Waals surface area contributed by atoms with Gasteiger partial charge in [0.1, 0.15) is 5.60 Å². The molecule has 2 atom stereocenters. The SMILES string of the molecule is CN(C(=O)c1ccc(Cl)c(C(F)(F)F)c1)[C@H]1CN(C(=O)C2CCN(C(=O)OC(C)(C)C)CC2)C[C@@H]1c1ccc(Cl)cc1. The maximum absolute atomic E-state index is 13.7. The average molecular weight is 629 g/mol. The van der Waals surface area contributed by atoms with Crippen molar-refractivity contribution < 1.29 is 32.3 Å². The van der Waals surface area contributed by atoms with E-state index in [1.807, 2.05) is 12.1 Å². The van der Waals surface area contributed by atoms with Crippen molar-refractivity contribution in [2.45, 2.75) is 57.3 Å². The zero-order valence-electron chi connectivity index (χ0n) is 23.9. The number of rotatable bonds is 4. The second-order valence-corrected chi connectivity index (χ2v) is 12.7. The highest BCUT2D eigenvalue weighted by atomic mass is 35.5. The van der Waals surface area contributed by atoms with Crippen LogP contribution in [0.2, 0.25) is 10.0 Å². The number of nitrogens with zero attached hydrogens (tertiary/aromatic N) is 3. The molecule has 2 aliphatic heterocycles. The van der Waals surface area contributed by atoms with Gasteiger partial charge in [-0.25, -0.2) is 4.79 Å². The summed E-state index contributed by atoms with van der Waals surface area (Å²) in [6.45, 7) is 6.70. The molecule has 42 heavy (non-hydrogen) atoms. The van der Waals surface area contributed by atoms with Crippen LogP contribution in [0.1, 0.15) is 61.0 Å². The molecule has 0 aromatic heterocycles. The van der Waals surface area contributed by atoms with E-state index in [0.717, 1.165) is 17.7 Å². The topological polar surface area (TPSA) is 70.2 Å². The van der Waals surface area contributed by atoms with Crippen molar-refractivity contribution in [2.75, 3.05) is 33.2 Å². The van der Waals surface area contributed by atoms with E-state index < -0.39 is 40.4 Å². The number of likely N-dealkylation sites (tertiary alicyclic amines) is 2. The van der Waals surface area contributed by atoms with Crippen LogP contribution in [0.25, 0.3) is 0 Å². The van der Waals surface area contributed by atoms with E-state index in [0.29, 0.717) is 37.5 Å². The van der Waals surface area contributed by atoms with Crippen LogP contribution in [0.15, 0.2) is 42.5 Å². The van der Waals surface area contributed by atoms with Crippen molar-refractivity contribution in [3.63, 3.8) is 0 Å². The molecule has 0 N–H and O–H groups in total. The van der Waals surface area contributed by atoms with Crippen LogP contribution in [0.4, 0.5) is 18.0 Å². The minimum atomic E-state index is -4.71. The summed E-state index contributed by atoms with van der Waals surface area (Å²) in [5.41, 5.74) is -0.998. The number of carbonyl (C=O) groups is 3. The van der Waals surface area contributed by atoms with Crippen molar-refractivity contribution in [3.8, 4) is 0 Å². The molecule has 2 aromatic rings. The van der Waals surface area contributed by atoms with Crippen LogP contribution in [0.3, 0.4) is 0 Å². The lowest BCUT2D eigenvalue weighted by Gasteiger charge is -2.34. The van der Waals surface area contributed by atoms with E-state index in [2.05, 4.69) is 0 Å². The molecule has 7 nitrogen and oxygen atoms in total. The number of benzene rings is 2. The first-order valence-electron chi connectivity index (χ1n) is 13.7. The molecule has 0 radical (unpaired) electrons.